The smallest absolute Gasteiger partial charge is 0.254 e. The first-order valence-electron chi connectivity index (χ1n) is 11.6. The first-order chi connectivity index (χ1) is 15.1. The molecule has 0 spiro atoms. The van der Waals surface area contributed by atoms with Crippen molar-refractivity contribution >= 4 is 23.2 Å². The molecule has 5 heteroatoms. The summed E-state index contributed by atoms with van der Waals surface area (Å²) >= 11 is 0. The largest absolute Gasteiger partial charge is 0.368 e. The molecule has 1 unspecified atom stereocenters. The standard InChI is InChI=1S/C27H37N3O2/c1-20(19-27(3,4)5)18-25(31)28-22-10-12-23(13-11-22)29-14-16-30(17-15-29)26(32)24-9-7-6-8-21(24)2/h6-13,20H,14-19H2,1-5H3,(H,28,31). The van der Waals surface area contributed by atoms with Crippen LogP contribution >= 0.6 is 0 Å². The first-order valence-corrected chi connectivity index (χ1v) is 11.6. The number of hydrogen-bond donors (Lipinski definition) is 1. The molecule has 0 bridgehead atoms. The Morgan fingerprint density at radius 2 is 1.59 bits per heavy atom. The summed E-state index contributed by atoms with van der Waals surface area (Å²) in [5.74, 6) is 0.535. The van der Waals surface area contributed by atoms with Crippen LogP contribution in [0.15, 0.2) is 48.5 Å². The third-order valence-electron chi connectivity index (χ3n) is 5.95. The van der Waals surface area contributed by atoms with Crippen LogP contribution in [-0.4, -0.2) is 42.9 Å². The maximum Gasteiger partial charge on any atom is 0.254 e. The van der Waals surface area contributed by atoms with Crippen LogP contribution in [0.2, 0.25) is 0 Å². The Labute approximate surface area is 192 Å². The Hall–Kier alpha value is -2.82. The number of amides is 2. The molecule has 5 nitrogen and oxygen atoms in total. The molecular weight excluding hydrogens is 398 g/mol. The molecule has 0 radical (unpaired) electrons. The number of anilines is 2. The second-order valence-corrected chi connectivity index (χ2v) is 10.3. The molecule has 1 heterocycles. The summed E-state index contributed by atoms with van der Waals surface area (Å²) in [6.07, 6.45) is 1.56. The Morgan fingerprint density at radius 3 is 2.19 bits per heavy atom. The summed E-state index contributed by atoms with van der Waals surface area (Å²) in [7, 11) is 0. The van der Waals surface area contributed by atoms with Gasteiger partial charge in [0.15, 0.2) is 0 Å². The Morgan fingerprint density at radius 1 is 0.969 bits per heavy atom. The first kappa shape index (κ1) is 23.8. The van der Waals surface area contributed by atoms with E-state index in [-0.39, 0.29) is 17.2 Å². The number of rotatable bonds is 6. The third-order valence-corrected chi connectivity index (χ3v) is 5.95. The summed E-state index contributed by atoms with van der Waals surface area (Å²) in [6.45, 7) is 13.7. The molecule has 32 heavy (non-hydrogen) atoms. The highest BCUT2D eigenvalue weighted by Crippen LogP contribution is 2.26. The highest BCUT2D eigenvalue weighted by molar-refractivity contribution is 5.95. The van der Waals surface area contributed by atoms with Gasteiger partial charge in [0.1, 0.15) is 0 Å². The molecule has 2 aromatic rings. The van der Waals surface area contributed by atoms with E-state index in [1.54, 1.807) is 0 Å². The van der Waals surface area contributed by atoms with Gasteiger partial charge < -0.3 is 15.1 Å². The lowest BCUT2D eigenvalue weighted by molar-refractivity contribution is -0.117. The van der Waals surface area contributed by atoms with Crippen molar-refractivity contribution in [2.24, 2.45) is 11.3 Å². The van der Waals surface area contributed by atoms with Gasteiger partial charge in [-0.3, -0.25) is 9.59 Å². The molecule has 0 aromatic heterocycles. The molecule has 1 saturated heterocycles. The number of benzene rings is 2. The Kier molecular flexibility index (Phi) is 7.60. The van der Waals surface area contributed by atoms with Crippen LogP contribution in [0.3, 0.4) is 0 Å². The van der Waals surface area contributed by atoms with Crippen LogP contribution in [0.25, 0.3) is 0 Å². The van der Waals surface area contributed by atoms with Gasteiger partial charge in [-0.1, -0.05) is 45.9 Å². The van der Waals surface area contributed by atoms with E-state index < -0.39 is 0 Å². The summed E-state index contributed by atoms with van der Waals surface area (Å²) in [6, 6.07) is 15.8. The van der Waals surface area contributed by atoms with E-state index in [4.69, 9.17) is 0 Å². The summed E-state index contributed by atoms with van der Waals surface area (Å²) < 4.78 is 0. The van der Waals surface area contributed by atoms with Crippen LogP contribution in [0.1, 0.15) is 56.5 Å². The molecule has 0 aliphatic carbocycles. The average molecular weight is 436 g/mol. The van der Waals surface area contributed by atoms with Gasteiger partial charge in [-0.25, -0.2) is 0 Å². The lowest BCUT2D eigenvalue weighted by atomic mass is 9.84. The zero-order valence-electron chi connectivity index (χ0n) is 20.1. The number of carbonyl (C=O) groups excluding carboxylic acids is 2. The quantitative estimate of drug-likeness (QED) is 0.665. The maximum absolute atomic E-state index is 12.8. The number of hydrogen-bond acceptors (Lipinski definition) is 3. The van der Waals surface area contributed by atoms with Gasteiger partial charge in [-0.15, -0.1) is 0 Å². The van der Waals surface area contributed by atoms with Crippen molar-refractivity contribution in [1.29, 1.82) is 0 Å². The second kappa shape index (κ2) is 10.2. The molecule has 1 aliphatic rings. The van der Waals surface area contributed by atoms with Gasteiger partial charge in [-0.05, 0) is 60.6 Å². The topological polar surface area (TPSA) is 52.7 Å². The predicted molar refractivity (Wildman–Crippen MR) is 132 cm³/mol. The fourth-order valence-electron chi connectivity index (χ4n) is 4.55. The molecule has 2 amide bonds. The number of nitrogens with one attached hydrogen (secondary N) is 1. The van der Waals surface area contributed by atoms with Gasteiger partial charge in [0.25, 0.3) is 5.91 Å². The molecule has 1 fully saturated rings. The maximum atomic E-state index is 12.8. The number of piperazine rings is 1. The summed E-state index contributed by atoms with van der Waals surface area (Å²) in [5.41, 5.74) is 3.99. The Balaban J connectivity index is 1.50. The second-order valence-electron chi connectivity index (χ2n) is 10.3. The Bertz CT molecular complexity index is 923. The fourth-order valence-corrected chi connectivity index (χ4v) is 4.55. The van der Waals surface area contributed by atoms with Crippen LogP contribution in [0, 0.1) is 18.3 Å². The molecule has 1 atom stereocenters. The van der Waals surface area contributed by atoms with Gasteiger partial charge in [0.05, 0.1) is 0 Å². The number of aryl methyl sites for hydroxylation is 1. The van der Waals surface area contributed by atoms with E-state index >= 15 is 0 Å². The van der Waals surface area contributed by atoms with Crippen molar-refractivity contribution in [1.82, 2.24) is 4.90 Å². The molecule has 2 aromatic carbocycles. The van der Waals surface area contributed by atoms with Gasteiger partial charge in [-0.2, -0.15) is 0 Å². The fraction of sp³-hybridized carbons (Fsp3) is 0.481. The van der Waals surface area contributed by atoms with Crippen molar-refractivity contribution in [2.75, 3.05) is 36.4 Å². The predicted octanol–water partition coefficient (Wildman–Crippen LogP) is 5.36. The average Bonchev–Trinajstić information content (AvgIpc) is 2.73. The minimum Gasteiger partial charge on any atom is -0.368 e. The molecular formula is C27H37N3O2. The summed E-state index contributed by atoms with van der Waals surface area (Å²) in [4.78, 5) is 29.4. The monoisotopic (exact) mass is 435 g/mol. The highest BCUT2D eigenvalue weighted by Gasteiger charge is 2.23. The molecule has 3 rings (SSSR count). The zero-order valence-corrected chi connectivity index (χ0v) is 20.1. The lowest BCUT2D eigenvalue weighted by Crippen LogP contribution is -2.48. The van der Waals surface area contributed by atoms with Crippen molar-refractivity contribution in [3.63, 3.8) is 0 Å². The van der Waals surface area contributed by atoms with Crippen LogP contribution in [0.5, 0.6) is 0 Å². The number of carbonyl (C=O) groups is 2. The van der Waals surface area contributed by atoms with Crippen LogP contribution < -0.4 is 10.2 Å². The van der Waals surface area contributed by atoms with E-state index in [2.05, 4.69) is 37.9 Å². The normalized spacial score (nSPS) is 15.4. The molecule has 172 valence electrons. The van der Waals surface area contributed by atoms with Crippen LogP contribution in [0.4, 0.5) is 11.4 Å². The number of nitrogens with zero attached hydrogens (tertiary/aromatic N) is 2. The highest BCUT2D eigenvalue weighted by atomic mass is 16.2. The van der Waals surface area contributed by atoms with Crippen molar-refractivity contribution in [2.45, 2.75) is 47.5 Å². The SMILES string of the molecule is Cc1ccccc1C(=O)N1CCN(c2ccc(NC(=O)CC(C)CC(C)(C)C)cc2)CC1. The molecule has 1 N–H and O–H groups in total. The minimum absolute atomic E-state index is 0.0674. The molecule has 0 saturated carbocycles. The van der Waals surface area contributed by atoms with E-state index in [0.29, 0.717) is 25.4 Å². The summed E-state index contributed by atoms with van der Waals surface area (Å²) in [5, 5.41) is 3.02. The molecule has 1 aliphatic heterocycles. The lowest BCUT2D eigenvalue weighted by Gasteiger charge is -2.36. The van der Waals surface area contributed by atoms with E-state index in [0.717, 1.165) is 42.0 Å². The van der Waals surface area contributed by atoms with Gasteiger partial charge >= 0.3 is 0 Å². The third kappa shape index (κ3) is 6.59. The van der Waals surface area contributed by atoms with Crippen molar-refractivity contribution < 1.29 is 9.59 Å². The zero-order chi connectivity index (χ0) is 23.3. The minimum atomic E-state index is 0.0674. The van der Waals surface area contributed by atoms with E-state index in [1.165, 1.54) is 0 Å². The van der Waals surface area contributed by atoms with Crippen LogP contribution in [-0.2, 0) is 4.79 Å². The van der Waals surface area contributed by atoms with Crippen molar-refractivity contribution in [3.8, 4) is 0 Å². The van der Waals surface area contributed by atoms with Gasteiger partial charge in [0.2, 0.25) is 5.91 Å². The van der Waals surface area contributed by atoms with E-state index in [1.807, 2.05) is 60.4 Å². The van der Waals surface area contributed by atoms with Gasteiger partial charge in [0, 0.05) is 49.5 Å². The van der Waals surface area contributed by atoms with E-state index in [9.17, 15) is 9.59 Å². The van der Waals surface area contributed by atoms with Crippen molar-refractivity contribution in [3.05, 3.63) is 59.7 Å².